The minimum Gasteiger partial charge on any atom is -0.347 e. The zero-order valence-electron chi connectivity index (χ0n) is 17.8. The summed E-state index contributed by atoms with van der Waals surface area (Å²) >= 11 is 0. The third-order valence-electron chi connectivity index (χ3n) is 7.18. The van der Waals surface area contributed by atoms with E-state index >= 15 is 0 Å². The van der Waals surface area contributed by atoms with Crippen molar-refractivity contribution in [1.82, 2.24) is 15.2 Å². The molecule has 4 nitrogen and oxygen atoms in total. The first kappa shape index (κ1) is 20.6. The number of allylic oxidation sites excluding steroid dienone is 2. The van der Waals surface area contributed by atoms with Gasteiger partial charge in [0.05, 0.1) is 11.7 Å². The first-order valence-corrected chi connectivity index (χ1v) is 11.9. The molecule has 1 N–H and O–H groups in total. The molecule has 4 heteroatoms. The Labute approximate surface area is 176 Å². The van der Waals surface area contributed by atoms with E-state index in [-0.39, 0.29) is 11.9 Å². The summed E-state index contributed by atoms with van der Waals surface area (Å²) in [4.78, 5) is 20.2. The van der Waals surface area contributed by atoms with Crippen LogP contribution in [0.15, 0.2) is 36.5 Å². The highest BCUT2D eigenvalue weighted by Gasteiger charge is 2.31. The molecule has 4 rings (SSSR count). The number of carbonyl (C=O) groups excluding carboxylic acids is 1. The Balaban J connectivity index is 1.40. The molecule has 1 aromatic rings. The maximum atomic E-state index is 12.9. The number of nitrogens with zero attached hydrogens (tertiary/aromatic N) is 2. The van der Waals surface area contributed by atoms with Gasteiger partial charge in [-0.3, -0.25) is 9.78 Å². The molecule has 0 spiro atoms. The van der Waals surface area contributed by atoms with Crippen LogP contribution in [-0.2, 0) is 4.79 Å². The van der Waals surface area contributed by atoms with Crippen molar-refractivity contribution in [3.63, 3.8) is 0 Å². The zero-order valence-corrected chi connectivity index (χ0v) is 17.8. The number of pyridine rings is 1. The Bertz CT molecular complexity index is 668. The van der Waals surface area contributed by atoms with Gasteiger partial charge >= 0.3 is 0 Å². The van der Waals surface area contributed by atoms with Crippen molar-refractivity contribution in [2.75, 3.05) is 19.6 Å². The molecule has 0 radical (unpaired) electrons. The van der Waals surface area contributed by atoms with E-state index in [9.17, 15) is 4.79 Å². The lowest BCUT2D eigenvalue weighted by Crippen LogP contribution is -2.44. The molecule has 2 fully saturated rings. The lowest BCUT2D eigenvalue weighted by atomic mass is 9.86. The predicted octanol–water partition coefficient (Wildman–Crippen LogP) is 4.89. The van der Waals surface area contributed by atoms with Gasteiger partial charge in [0.25, 0.3) is 0 Å². The van der Waals surface area contributed by atoms with Crippen LogP contribution in [0.4, 0.5) is 0 Å². The summed E-state index contributed by atoms with van der Waals surface area (Å²) in [6.07, 6.45) is 18.4. The van der Waals surface area contributed by atoms with Crippen LogP contribution in [0.25, 0.3) is 0 Å². The van der Waals surface area contributed by atoms with Gasteiger partial charge in [0.15, 0.2) is 0 Å². The highest BCUT2D eigenvalue weighted by Crippen LogP contribution is 2.32. The van der Waals surface area contributed by atoms with Gasteiger partial charge < -0.3 is 10.2 Å². The number of rotatable bonds is 7. The summed E-state index contributed by atoms with van der Waals surface area (Å²) in [5.41, 5.74) is 1.03. The molecule has 1 aliphatic heterocycles. The number of amides is 1. The summed E-state index contributed by atoms with van der Waals surface area (Å²) in [6, 6.07) is 6.14. The number of piperidine rings is 1. The lowest BCUT2D eigenvalue weighted by molar-refractivity contribution is -0.123. The summed E-state index contributed by atoms with van der Waals surface area (Å²) in [7, 11) is 0. The van der Waals surface area contributed by atoms with E-state index in [1.54, 1.807) is 0 Å². The number of aromatic nitrogens is 1. The molecule has 3 aliphatic rings. The highest BCUT2D eigenvalue weighted by molar-refractivity contribution is 5.76. The van der Waals surface area contributed by atoms with Gasteiger partial charge in [-0.25, -0.2) is 0 Å². The van der Waals surface area contributed by atoms with Crippen molar-refractivity contribution in [1.29, 1.82) is 0 Å². The summed E-state index contributed by atoms with van der Waals surface area (Å²) < 4.78 is 0. The van der Waals surface area contributed by atoms with Crippen LogP contribution < -0.4 is 5.32 Å². The minimum absolute atomic E-state index is 0.0409. The molecule has 29 heavy (non-hydrogen) atoms. The maximum absolute atomic E-state index is 12.9. The second kappa shape index (κ2) is 10.4. The quantitative estimate of drug-likeness (QED) is 0.669. The van der Waals surface area contributed by atoms with Crippen molar-refractivity contribution in [2.24, 2.45) is 17.8 Å². The van der Waals surface area contributed by atoms with Crippen LogP contribution in [-0.4, -0.2) is 35.4 Å². The van der Waals surface area contributed by atoms with Gasteiger partial charge in [-0.2, -0.15) is 0 Å². The number of likely N-dealkylation sites (tertiary alicyclic amines) is 1. The number of hydrogen-bond donors (Lipinski definition) is 1. The van der Waals surface area contributed by atoms with Gasteiger partial charge in [-0.05, 0) is 81.4 Å². The fourth-order valence-electron chi connectivity index (χ4n) is 5.62. The third-order valence-corrected chi connectivity index (χ3v) is 7.18. The molecule has 1 amide bonds. The van der Waals surface area contributed by atoms with Gasteiger partial charge in [0.1, 0.15) is 0 Å². The van der Waals surface area contributed by atoms with Crippen LogP contribution >= 0.6 is 0 Å². The molecule has 2 heterocycles. The van der Waals surface area contributed by atoms with Gasteiger partial charge in [-0.1, -0.05) is 31.1 Å². The molecule has 158 valence electrons. The van der Waals surface area contributed by atoms with Crippen LogP contribution in [0, 0.1) is 17.8 Å². The number of carbonyl (C=O) groups is 1. The minimum atomic E-state index is 0.0409. The maximum Gasteiger partial charge on any atom is 0.220 e. The zero-order chi connectivity index (χ0) is 19.9. The second-order valence-electron chi connectivity index (χ2n) is 9.47. The number of nitrogens with one attached hydrogen (secondary N) is 1. The van der Waals surface area contributed by atoms with E-state index in [1.807, 2.05) is 18.3 Å². The Morgan fingerprint density at radius 3 is 2.76 bits per heavy atom. The van der Waals surface area contributed by atoms with Crippen LogP contribution in [0.3, 0.4) is 0 Å². The SMILES string of the molecule is O=C(CC1CCCC1)N[C@@H](c1ccccn1)[C@@H]1CCCN(C[C@H]2CC=CCC2)C1. The van der Waals surface area contributed by atoms with Gasteiger partial charge in [-0.15, -0.1) is 0 Å². The smallest absolute Gasteiger partial charge is 0.220 e. The monoisotopic (exact) mass is 395 g/mol. The Morgan fingerprint density at radius 1 is 1.10 bits per heavy atom. The first-order valence-electron chi connectivity index (χ1n) is 11.9. The highest BCUT2D eigenvalue weighted by atomic mass is 16.1. The van der Waals surface area contributed by atoms with E-state index in [0.29, 0.717) is 18.3 Å². The fraction of sp³-hybridized carbons (Fsp3) is 0.680. The predicted molar refractivity (Wildman–Crippen MR) is 117 cm³/mol. The van der Waals surface area contributed by atoms with Crippen molar-refractivity contribution in [2.45, 2.75) is 70.3 Å². The van der Waals surface area contributed by atoms with Crippen LogP contribution in [0.1, 0.15) is 75.9 Å². The van der Waals surface area contributed by atoms with Crippen molar-refractivity contribution >= 4 is 5.91 Å². The molecule has 0 unspecified atom stereocenters. The van der Waals surface area contributed by atoms with E-state index in [4.69, 9.17) is 0 Å². The van der Waals surface area contributed by atoms with E-state index in [1.165, 1.54) is 70.9 Å². The average molecular weight is 396 g/mol. The number of hydrogen-bond acceptors (Lipinski definition) is 3. The molecular formula is C25H37N3O. The van der Waals surface area contributed by atoms with Gasteiger partial charge in [0.2, 0.25) is 5.91 Å². The van der Waals surface area contributed by atoms with E-state index < -0.39 is 0 Å². The van der Waals surface area contributed by atoms with Crippen molar-refractivity contribution < 1.29 is 4.79 Å². The van der Waals surface area contributed by atoms with E-state index in [2.05, 4.69) is 33.4 Å². The van der Waals surface area contributed by atoms with Crippen LogP contribution in [0.5, 0.6) is 0 Å². The Hall–Kier alpha value is -1.68. The molecule has 0 aromatic carbocycles. The molecule has 1 saturated carbocycles. The van der Waals surface area contributed by atoms with Gasteiger partial charge in [0, 0.05) is 25.7 Å². The topological polar surface area (TPSA) is 45.2 Å². The molecule has 1 aromatic heterocycles. The Kier molecular flexibility index (Phi) is 7.37. The molecule has 3 atom stereocenters. The van der Waals surface area contributed by atoms with Crippen molar-refractivity contribution in [3.8, 4) is 0 Å². The fourth-order valence-corrected chi connectivity index (χ4v) is 5.62. The molecular weight excluding hydrogens is 358 g/mol. The molecule has 0 bridgehead atoms. The molecule has 1 saturated heterocycles. The first-order chi connectivity index (χ1) is 14.3. The summed E-state index contributed by atoms with van der Waals surface area (Å²) in [5, 5.41) is 3.41. The normalized spacial score (nSPS) is 27.0. The van der Waals surface area contributed by atoms with E-state index in [0.717, 1.165) is 18.2 Å². The standard InChI is InChI=1S/C25H37N3O/c29-24(17-20-9-4-5-10-20)27-25(23-14-6-7-15-26-23)22-13-8-16-28(19-22)18-21-11-2-1-3-12-21/h1-2,6-7,14-15,20-22,25H,3-5,8-13,16-19H2,(H,27,29)/t21-,22+,25+/m0/s1. The summed E-state index contributed by atoms with van der Waals surface area (Å²) in [5.74, 6) is 2.05. The Morgan fingerprint density at radius 2 is 2.00 bits per heavy atom. The summed E-state index contributed by atoms with van der Waals surface area (Å²) in [6.45, 7) is 3.47. The van der Waals surface area contributed by atoms with Crippen molar-refractivity contribution in [3.05, 3.63) is 42.2 Å². The average Bonchev–Trinajstić information content (AvgIpc) is 3.26. The van der Waals surface area contributed by atoms with Crippen LogP contribution in [0.2, 0.25) is 0 Å². The largest absolute Gasteiger partial charge is 0.347 e. The molecule has 2 aliphatic carbocycles. The second-order valence-corrected chi connectivity index (χ2v) is 9.47. The third kappa shape index (κ3) is 5.91. The lowest BCUT2D eigenvalue weighted by Gasteiger charge is -2.39.